The minimum Gasteiger partial charge on any atom is -0.481 e. The summed E-state index contributed by atoms with van der Waals surface area (Å²) >= 11 is 0. The maximum Gasteiger partial charge on any atom is 0.311 e. The van der Waals surface area contributed by atoms with Crippen LogP contribution in [0.2, 0.25) is 0 Å². The Morgan fingerprint density at radius 2 is 1.83 bits per heavy atom. The fourth-order valence-electron chi connectivity index (χ4n) is 2.41. The summed E-state index contributed by atoms with van der Waals surface area (Å²) in [5, 5.41) is 12.2. The largest absolute Gasteiger partial charge is 0.481 e. The average Bonchev–Trinajstić information content (AvgIpc) is 2.61. The van der Waals surface area contributed by atoms with Gasteiger partial charge in [0.2, 0.25) is 5.91 Å². The van der Waals surface area contributed by atoms with E-state index in [4.69, 9.17) is 5.73 Å². The van der Waals surface area contributed by atoms with E-state index in [1.807, 2.05) is 0 Å². The summed E-state index contributed by atoms with van der Waals surface area (Å²) in [5.74, 6) is -1.20. The van der Waals surface area contributed by atoms with Gasteiger partial charge in [0.25, 0.3) is 0 Å². The Hall–Kier alpha value is -1.10. The molecule has 1 atom stereocenters. The monoisotopic (exact) mass is 256 g/mol. The van der Waals surface area contributed by atoms with Crippen molar-refractivity contribution in [3.05, 3.63) is 0 Å². The molecule has 1 fully saturated rings. The van der Waals surface area contributed by atoms with Crippen LogP contribution in [0.4, 0.5) is 0 Å². The van der Waals surface area contributed by atoms with Crippen LogP contribution in [-0.2, 0) is 9.59 Å². The van der Waals surface area contributed by atoms with E-state index in [0.717, 1.165) is 25.7 Å². The van der Waals surface area contributed by atoms with Gasteiger partial charge in [-0.1, -0.05) is 32.6 Å². The van der Waals surface area contributed by atoms with Crippen molar-refractivity contribution in [2.75, 3.05) is 13.1 Å². The molecule has 0 bridgehead atoms. The quantitative estimate of drug-likeness (QED) is 0.643. The molecule has 1 aliphatic rings. The molecule has 1 aliphatic carbocycles. The van der Waals surface area contributed by atoms with Gasteiger partial charge in [0.05, 0.1) is 5.41 Å². The van der Waals surface area contributed by atoms with Crippen molar-refractivity contribution in [3.63, 3.8) is 0 Å². The number of carbonyl (C=O) groups is 2. The van der Waals surface area contributed by atoms with Gasteiger partial charge in [-0.3, -0.25) is 9.59 Å². The second-order valence-corrected chi connectivity index (χ2v) is 5.35. The van der Waals surface area contributed by atoms with Crippen molar-refractivity contribution in [2.45, 2.75) is 45.4 Å². The highest BCUT2D eigenvalue weighted by atomic mass is 16.4. The number of carbonyl (C=O) groups excluding carboxylic acids is 1. The van der Waals surface area contributed by atoms with Crippen molar-refractivity contribution >= 4 is 11.9 Å². The summed E-state index contributed by atoms with van der Waals surface area (Å²) in [4.78, 5) is 23.2. The van der Waals surface area contributed by atoms with Gasteiger partial charge in [-0.2, -0.15) is 0 Å². The van der Waals surface area contributed by atoms with Gasteiger partial charge < -0.3 is 16.2 Å². The first-order valence-electron chi connectivity index (χ1n) is 6.73. The third-order valence-electron chi connectivity index (χ3n) is 3.92. The van der Waals surface area contributed by atoms with E-state index in [1.165, 1.54) is 0 Å². The van der Waals surface area contributed by atoms with Crippen molar-refractivity contribution in [2.24, 2.45) is 17.1 Å². The highest BCUT2D eigenvalue weighted by Gasteiger charge is 2.39. The molecule has 0 saturated heterocycles. The van der Waals surface area contributed by atoms with Gasteiger partial charge in [-0.05, 0) is 12.8 Å². The number of carboxylic acid groups (broad SMARTS) is 1. The molecule has 0 aromatic rings. The van der Waals surface area contributed by atoms with Gasteiger partial charge in [-0.25, -0.2) is 0 Å². The Balaban J connectivity index is 2.62. The lowest BCUT2D eigenvalue weighted by Crippen LogP contribution is -2.45. The molecule has 1 unspecified atom stereocenters. The number of nitrogens with two attached hydrogens (primary N) is 1. The van der Waals surface area contributed by atoms with Crippen LogP contribution in [0.15, 0.2) is 0 Å². The molecule has 1 saturated carbocycles. The predicted octanol–water partition coefficient (Wildman–Crippen LogP) is 1.12. The fourth-order valence-corrected chi connectivity index (χ4v) is 2.41. The van der Waals surface area contributed by atoms with Crippen molar-refractivity contribution in [1.29, 1.82) is 0 Å². The number of aliphatic carboxylic acids is 1. The maximum atomic E-state index is 11.7. The summed E-state index contributed by atoms with van der Waals surface area (Å²) < 4.78 is 0. The summed E-state index contributed by atoms with van der Waals surface area (Å²) in [6, 6.07) is 0. The van der Waals surface area contributed by atoms with E-state index < -0.39 is 11.4 Å². The summed E-state index contributed by atoms with van der Waals surface area (Å²) in [6.07, 6.45) is 5.33. The molecule has 4 N–H and O–H groups in total. The van der Waals surface area contributed by atoms with E-state index in [9.17, 15) is 14.7 Å². The van der Waals surface area contributed by atoms with Crippen LogP contribution in [0.3, 0.4) is 0 Å². The first-order valence-corrected chi connectivity index (χ1v) is 6.73. The molecule has 0 aromatic heterocycles. The molecule has 0 aliphatic heterocycles. The fraction of sp³-hybridized carbons (Fsp3) is 0.846. The molecule has 0 radical (unpaired) electrons. The lowest BCUT2D eigenvalue weighted by molar-refractivity contribution is -0.150. The van der Waals surface area contributed by atoms with E-state index in [-0.39, 0.29) is 24.9 Å². The van der Waals surface area contributed by atoms with Gasteiger partial charge in [0.1, 0.15) is 0 Å². The number of nitrogens with one attached hydrogen (secondary N) is 1. The third kappa shape index (κ3) is 3.70. The lowest BCUT2D eigenvalue weighted by Gasteiger charge is -2.28. The number of amides is 1. The summed E-state index contributed by atoms with van der Waals surface area (Å²) in [5.41, 5.74) is 4.64. The molecular formula is C13H24N2O3. The van der Waals surface area contributed by atoms with Crippen molar-refractivity contribution in [3.8, 4) is 0 Å². The molecule has 5 nitrogen and oxygen atoms in total. The second-order valence-electron chi connectivity index (χ2n) is 5.35. The van der Waals surface area contributed by atoms with Crippen LogP contribution in [0.5, 0.6) is 0 Å². The Bertz CT molecular complexity index is 297. The number of carboxylic acids is 1. The Labute approximate surface area is 108 Å². The second kappa shape index (κ2) is 6.73. The number of rotatable bonds is 5. The zero-order valence-corrected chi connectivity index (χ0v) is 11.1. The van der Waals surface area contributed by atoms with Crippen LogP contribution in [0, 0.1) is 11.3 Å². The maximum absolute atomic E-state index is 11.7. The molecule has 104 valence electrons. The molecule has 1 amide bonds. The minimum absolute atomic E-state index is 0.151. The molecule has 0 heterocycles. The minimum atomic E-state index is -0.787. The van der Waals surface area contributed by atoms with Crippen LogP contribution in [0.1, 0.15) is 45.4 Å². The van der Waals surface area contributed by atoms with Gasteiger partial charge >= 0.3 is 5.97 Å². The molecular weight excluding hydrogens is 232 g/mol. The summed E-state index contributed by atoms with van der Waals surface area (Å²) in [7, 11) is 0. The molecule has 0 aromatic carbocycles. The highest BCUT2D eigenvalue weighted by Crippen LogP contribution is 2.34. The third-order valence-corrected chi connectivity index (χ3v) is 3.92. The van der Waals surface area contributed by atoms with Crippen molar-refractivity contribution in [1.82, 2.24) is 5.32 Å². The Morgan fingerprint density at radius 1 is 1.28 bits per heavy atom. The molecule has 1 rings (SSSR count). The van der Waals surface area contributed by atoms with Crippen LogP contribution >= 0.6 is 0 Å². The highest BCUT2D eigenvalue weighted by molar-refractivity contribution is 5.80. The normalized spacial score (nSPS) is 20.8. The zero-order chi connectivity index (χ0) is 13.6. The summed E-state index contributed by atoms with van der Waals surface area (Å²) in [6.45, 7) is 2.26. The molecule has 18 heavy (non-hydrogen) atoms. The van der Waals surface area contributed by atoms with E-state index in [1.54, 1.807) is 6.92 Å². The zero-order valence-electron chi connectivity index (χ0n) is 11.1. The predicted molar refractivity (Wildman–Crippen MR) is 69.0 cm³/mol. The standard InChI is InChI=1S/C13H24N2O3/c1-10(8-14)11(16)15-9-13(12(17)18)6-4-2-3-5-7-13/h10H,2-9,14H2,1H3,(H,15,16)(H,17,18). The molecule has 0 spiro atoms. The average molecular weight is 256 g/mol. The van der Waals surface area contributed by atoms with Gasteiger partial charge in [0.15, 0.2) is 0 Å². The van der Waals surface area contributed by atoms with Crippen molar-refractivity contribution < 1.29 is 14.7 Å². The lowest BCUT2D eigenvalue weighted by atomic mass is 9.80. The van der Waals surface area contributed by atoms with E-state index in [0.29, 0.717) is 12.8 Å². The van der Waals surface area contributed by atoms with Crippen LogP contribution in [-0.4, -0.2) is 30.1 Å². The van der Waals surface area contributed by atoms with Gasteiger partial charge in [0, 0.05) is 19.0 Å². The van der Waals surface area contributed by atoms with Crippen LogP contribution in [0.25, 0.3) is 0 Å². The van der Waals surface area contributed by atoms with E-state index in [2.05, 4.69) is 5.32 Å². The molecule has 5 heteroatoms. The van der Waals surface area contributed by atoms with Gasteiger partial charge in [-0.15, -0.1) is 0 Å². The first-order chi connectivity index (χ1) is 8.52. The topological polar surface area (TPSA) is 92.4 Å². The smallest absolute Gasteiger partial charge is 0.311 e. The first kappa shape index (κ1) is 15.0. The van der Waals surface area contributed by atoms with E-state index >= 15 is 0 Å². The number of hydrogen-bond donors (Lipinski definition) is 3. The van der Waals surface area contributed by atoms with Crippen LogP contribution < -0.4 is 11.1 Å². The SMILES string of the molecule is CC(CN)C(=O)NCC1(C(=O)O)CCCCCC1. The Morgan fingerprint density at radius 3 is 2.28 bits per heavy atom. The number of hydrogen-bond acceptors (Lipinski definition) is 3. The Kier molecular flexibility index (Phi) is 5.59.